The Hall–Kier alpha value is -2.74. The van der Waals surface area contributed by atoms with Crippen molar-refractivity contribution in [2.24, 2.45) is 0 Å². The van der Waals surface area contributed by atoms with Gasteiger partial charge in [-0.3, -0.25) is 19.4 Å². The van der Waals surface area contributed by atoms with Crippen molar-refractivity contribution in [3.63, 3.8) is 0 Å². The lowest BCUT2D eigenvalue weighted by Gasteiger charge is -2.33. The summed E-state index contributed by atoms with van der Waals surface area (Å²) in [6.07, 6.45) is 1.86. The number of hydrogen-bond acceptors (Lipinski definition) is 5. The Morgan fingerprint density at radius 3 is 2.88 bits per heavy atom. The molecule has 1 unspecified atom stereocenters. The summed E-state index contributed by atoms with van der Waals surface area (Å²) in [5, 5.41) is 7.15. The second kappa shape index (κ2) is 8.09. The minimum atomic E-state index is -0.548. The number of aromatic nitrogens is 1. The maximum Gasteiger partial charge on any atom is 0.264 e. The van der Waals surface area contributed by atoms with Gasteiger partial charge in [0.05, 0.1) is 16.5 Å². The van der Waals surface area contributed by atoms with E-state index in [0.29, 0.717) is 17.1 Å². The van der Waals surface area contributed by atoms with E-state index in [1.165, 1.54) is 11.3 Å². The minimum Gasteiger partial charge on any atom is -0.359 e. The van der Waals surface area contributed by atoms with Gasteiger partial charge in [-0.25, -0.2) is 0 Å². The Labute approximate surface area is 155 Å². The Morgan fingerprint density at radius 1 is 1.31 bits per heavy atom. The van der Waals surface area contributed by atoms with Crippen molar-refractivity contribution in [1.29, 1.82) is 0 Å². The molecule has 0 aliphatic carbocycles. The van der Waals surface area contributed by atoms with E-state index in [-0.39, 0.29) is 37.2 Å². The molecule has 0 spiro atoms. The number of nitrogens with one attached hydrogen (secondary N) is 2. The Kier molecular flexibility index (Phi) is 5.62. The molecule has 8 heteroatoms. The standard InChI is InChI=1S/C18H20N4O3S/c1-19-15(23)6-8-21-17(24)13-11-22(18(25)14-5-3-9-26-14)10-12-4-2-7-20-16(12)13/h2-5,7,9,13H,6,8,10-11H2,1H3,(H,19,23)(H,21,24). The lowest BCUT2D eigenvalue weighted by molar-refractivity contribution is -0.123. The minimum absolute atomic E-state index is 0.0855. The van der Waals surface area contributed by atoms with Crippen molar-refractivity contribution in [2.75, 3.05) is 20.1 Å². The third-order valence-corrected chi connectivity index (χ3v) is 5.14. The molecule has 2 aromatic heterocycles. The molecule has 26 heavy (non-hydrogen) atoms. The zero-order valence-electron chi connectivity index (χ0n) is 14.4. The van der Waals surface area contributed by atoms with Crippen LogP contribution in [0.4, 0.5) is 0 Å². The number of pyridine rings is 1. The highest BCUT2D eigenvalue weighted by Crippen LogP contribution is 2.28. The zero-order chi connectivity index (χ0) is 18.5. The number of hydrogen-bond donors (Lipinski definition) is 2. The van der Waals surface area contributed by atoms with Gasteiger partial charge in [0.2, 0.25) is 11.8 Å². The van der Waals surface area contributed by atoms with Gasteiger partial charge in [-0.05, 0) is 23.1 Å². The van der Waals surface area contributed by atoms with Crippen LogP contribution < -0.4 is 10.6 Å². The Bertz CT molecular complexity index is 807. The molecule has 1 atom stereocenters. The fourth-order valence-electron chi connectivity index (χ4n) is 2.94. The predicted octanol–water partition coefficient (Wildman–Crippen LogP) is 1.13. The lowest BCUT2D eigenvalue weighted by Crippen LogP contribution is -2.44. The van der Waals surface area contributed by atoms with Gasteiger partial charge < -0.3 is 15.5 Å². The number of carbonyl (C=O) groups is 3. The van der Waals surface area contributed by atoms with Crippen LogP contribution in [0.5, 0.6) is 0 Å². The van der Waals surface area contributed by atoms with Crippen LogP contribution in [-0.2, 0) is 16.1 Å². The number of rotatable bonds is 5. The molecule has 3 rings (SSSR count). The maximum atomic E-state index is 12.7. The van der Waals surface area contributed by atoms with Crippen molar-refractivity contribution in [1.82, 2.24) is 20.5 Å². The fourth-order valence-corrected chi connectivity index (χ4v) is 3.63. The Balaban J connectivity index is 1.76. The van der Waals surface area contributed by atoms with E-state index < -0.39 is 5.92 Å². The summed E-state index contributed by atoms with van der Waals surface area (Å²) in [4.78, 5) is 43.4. The molecule has 0 bridgehead atoms. The average Bonchev–Trinajstić information content (AvgIpc) is 3.21. The molecule has 0 radical (unpaired) electrons. The van der Waals surface area contributed by atoms with Gasteiger partial charge >= 0.3 is 0 Å². The van der Waals surface area contributed by atoms with Gasteiger partial charge in [-0.15, -0.1) is 11.3 Å². The molecule has 0 fully saturated rings. The predicted molar refractivity (Wildman–Crippen MR) is 97.7 cm³/mol. The van der Waals surface area contributed by atoms with Gasteiger partial charge in [0, 0.05) is 39.3 Å². The Morgan fingerprint density at radius 2 is 2.15 bits per heavy atom. The SMILES string of the molecule is CNC(=O)CCNC(=O)C1CN(C(=O)c2cccs2)Cc2cccnc21. The molecule has 0 saturated carbocycles. The summed E-state index contributed by atoms with van der Waals surface area (Å²) in [5.74, 6) is -0.995. The number of amides is 3. The van der Waals surface area contributed by atoms with Crippen LogP contribution in [0.2, 0.25) is 0 Å². The summed E-state index contributed by atoms with van der Waals surface area (Å²) in [5.41, 5.74) is 1.57. The fraction of sp³-hybridized carbons (Fsp3) is 0.333. The van der Waals surface area contributed by atoms with Crippen molar-refractivity contribution in [2.45, 2.75) is 18.9 Å². The van der Waals surface area contributed by atoms with Gasteiger partial charge in [0.1, 0.15) is 0 Å². The van der Waals surface area contributed by atoms with Gasteiger partial charge in [-0.1, -0.05) is 12.1 Å². The summed E-state index contributed by atoms with van der Waals surface area (Å²) in [7, 11) is 1.56. The first-order valence-corrected chi connectivity index (χ1v) is 9.23. The third-order valence-electron chi connectivity index (χ3n) is 4.29. The molecule has 7 nitrogen and oxygen atoms in total. The highest BCUT2D eigenvalue weighted by Gasteiger charge is 2.34. The summed E-state index contributed by atoms with van der Waals surface area (Å²) >= 11 is 1.38. The largest absolute Gasteiger partial charge is 0.359 e. The van der Waals surface area contributed by atoms with E-state index in [0.717, 1.165) is 5.56 Å². The smallest absolute Gasteiger partial charge is 0.264 e. The number of nitrogens with zero attached hydrogens (tertiary/aromatic N) is 2. The number of carbonyl (C=O) groups excluding carboxylic acids is 3. The molecule has 3 heterocycles. The first kappa shape index (κ1) is 18.1. The highest BCUT2D eigenvalue weighted by atomic mass is 32.1. The summed E-state index contributed by atoms with van der Waals surface area (Å²) < 4.78 is 0. The lowest BCUT2D eigenvalue weighted by atomic mass is 9.93. The van der Waals surface area contributed by atoms with Crippen molar-refractivity contribution in [3.05, 3.63) is 52.0 Å². The van der Waals surface area contributed by atoms with E-state index in [2.05, 4.69) is 15.6 Å². The summed E-state index contributed by atoms with van der Waals surface area (Å²) in [6, 6.07) is 7.31. The first-order chi connectivity index (χ1) is 12.6. The molecular weight excluding hydrogens is 352 g/mol. The topological polar surface area (TPSA) is 91.4 Å². The van der Waals surface area contributed by atoms with Crippen LogP contribution in [-0.4, -0.2) is 47.7 Å². The van der Waals surface area contributed by atoms with Crippen molar-refractivity contribution >= 4 is 29.1 Å². The number of thiophene rings is 1. The van der Waals surface area contributed by atoms with E-state index in [9.17, 15) is 14.4 Å². The molecule has 136 valence electrons. The van der Waals surface area contributed by atoms with Crippen molar-refractivity contribution in [3.8, 4) is 0 Å². The summed E-state index contributed by atoms with van der Waals surface area (Å²) in [6.45, 7) is 0.949. The quantitative estimate of drug-likeness (QED) is 0.823. The van der Waals surface area contributed by atoms with E-state index in [1.807, 2.05) is 17.5 Å². The molecule has 1 aliphatic heterocycles. The monoisotopic (exact) mass is 372 g/mol. The number of fused-ring (bicyclic) bond motifs is 1. The van der Waals surface area contributed by atoms with Crippen LogP contribution in [0.25, 0.3) is 0 Å². The van der Waals surface area contributed by atoms with Gasteiger partial charge in [0.15, 0.2) is 0 Å². The second-order valence-electron chi connectivity index (χ2n) is 5.98. The molecule has 2 N–H and O–H groups in total. The van der Waals surface area contributed by atoms with Gasteiger partial charge in [0.25, 0.3) is 5.91 Å². The highest BCUT2D eigenvalue weighted by molar-refractivity contribution is 7.12. The van der Waals surface area contributed by atoms with Crippen molar-refractivity contribution < 1.29 is 14.4 Å². The normalized spacial score (nSPS) is 15.9. The molecule has 0 aromatic carbocycles. The average molecular weight is 372 g/mol. The van der Waals surface area contributed by atoms with E-state index in [1.54, 1.807) is 30.3 Å². The van der Waals surface area contributed by atoms with E-state index in [4.69, 9.17) is 0 Å². The maximum absolute atomic E-state index is 12.7. The van der Waals surface area contributed by atoms with Crippen LogP contribution in [0.1, 0.15) is 33.3 Å². The molecule has 3 amide bonds. The molecule has 0 saturated heterocycles. The molecule has 1 aliphatic rings. The first-order valence-electron chi connectivity index (χ1n) is 8.35. The van der Waals surface area contributed by atoms with Crippen LogP contribution >= 0.6 is 11.3 Å². The van der Waals surface area contributed by atoms with Crippen LogP contribution in [0.3, 0.4) is 0 Å². The van der Waals surface area contributed by atoms with Crippen LogP contribution in [0.15, 0.2) is 35.8 Å². The third kappa shape index (κ3) is 3.91. The molecular formula is C18H20N4O3S. The van der Waals surface area contributed by atoms with Gasteiger partial charge in [-0.2, -0.15) is 0 Å². The second-order valence-corrected chi connectivity index (χ2v) is 6.93. The zero-order valence-corrected chi connectivity index (χ0v) is 15.2. The van der Waals surface area contributed by atoms with Crippen LogP contribution in [0, 0.1) is 0 Å². The molecule has 2 aromatic rings. The van der Waals surface area contributed by atoms with E-state index >= 15 is 0 Å².